The van der Waals surface area contributed by atoms with E-state index in [1.54, 1.807) is 19.2 Å². The summed E-state index contributed by atoms with van der Waals surface area (Å²) < 4.78 is 28.9. The van der Waals surface area contributed by atoms with Gasteiger partial charge in [0.05, 0.1) is 5.69 Å². The summed E-state index contributed by atoms with van der Waals surface area (Å²) in [5, 5.41) is 6.58. The molecule has 2 saturated carbocycles. The minimum Gasteiger partial charge on any atom is -0.383 e. The molecule has 2 bridgehead atoms. The third kappa shape index (κ3) is 5.56. The van der Waals surface area contributed by atoms with Crippen LogP contribution in [0.1, 0.15) is 56.0 Å². The van der Waals surface area contributed by atoms with Crippen molar-refractivity contribution >= 4 is 21.6 Å². The Morgan fingerprint density at radius 3 is 2.38 bits per heavy atom. The summed E-state index contributed by atoms with van der Waals surface area (Å²) in [6.45, 7) is 8.35. The van der Waals surface area contributed by atoms with Gasteiger partial charge in [-0.2, -0.15) is 4.31 Å². The molecule has 0 spiro atoms. The van der Waals surface area contributed by atoms with Crippen LogP contribution >= 0.6 is 0 Å². The van der Waals surface area contributed by atoms with E-state index in [1.807, 2.05) is 49.3 Å². The number of nitrogens with one attached hydrogen (secondary N) is 2. The first-order valence-corrected chi connectivity index (χ1v) is 14.6. The van der Waals surface area contributed by atoms with Gasteiger partial charge < -0.3 is 15.5 Å². The van der Waals surface area contributed by atoms with Gasteiger partial charge in [0.2, 0.25) is 10.0 Å². The lowest BCUT2D eigenvalue weighted by atomic mass is 9.68. The van der Waals surface area contributed by atoms with Gasteiger partial charge in [0.1, 0.15) is 4.90 Å². The van der Waals surface area contributed by atoms with Crippen LogP contribution in [-0.4, -0.2) is 63.8 Å². The molecule has 0 saturated heterocycles. The van der Waals surface area contributed by atoms with Crippen molar-refractivity contribution in [2.24, 2.45) is 16.7 Å². The number of amides is 1. The minimum absolute atomic E-state index is 0.0150. The van der Waals surface area contributed by atoms with Crippen molar-refractivity contribution in [3.05, 3.63) is 59.7 Å². The highest BCUT2D eigenvalue weighted by atomic mass is 32.2. The highest BCUT2D eigenvalue weighted by Crippen LogP contribution is 2.62. The number of likely N-dealkylation sites (N-methyl/N-ethyl adjacent to an activating group) is 1. The van der Waals surface area contributed by atoms with Crippen LogP contribution in [0.25, 0.3) is 0 Å². The predicted octanol–water partition coefficient (Wildman–Crippen LogP) is 4.43. The van der Waals surface area contributed by atoms with Crippen LogP contribution in [0.4, 0.5) is 5.69 Å². The summed E-state index contributed by atoms with van der Waals surface area (Å²) in [7, 11) is 1.65. The number of fused-ring (bicyclic) bond motifs is 2. The predicted molar refractivity (Wildman–Crippen MR) is 149 cm³/mol. The van der Waals surface area contributed by atoms with Crippen LogP contribution in [0.2, 0.25) is 0 Å². The summed E-state index contributed by atoms with van der Waals surface area (Å²) >= 11 is 0. The molecule has 1 amide bonds. The second-order valence-electron chi connectivity index (χ2n) is 12.0. The van der Waals surface area contributed by atoms with Crippen molar-refractivity contribution in [1.29, 1.82) is 0 Å². The molecule has 202 valence electrons. The second-order valence-corrected chi connectivity index (χ2v) is 14.0. The lowest BCUT2D eigenvalue weighted by Crippen LogP contribution is -2.52. The molecule has 3 atom stereocenters. The molecular formula is C29H42N4O3S. The third-order valence-electron chi connectivity index (χ3n) is 8.60. The molecule has 2 aliphatic rings. The molecule has 2 aromatic rings. The first-order chi connectivity index (χ1) is 17.3. The summed E-state index contributed by atoms with van der Waals surface area (Å²) in [6.07, 6.45) is 3.45. The molecule has 2 fully saturated rings. The quantitative estimate of drug-likeness (QED) is 0.479. The molecule has 2 aromatic carbocycles. The highest BCUT2D eigenvalue weighted by Gasteiger charge is 2.59. The fourth-order valence-electron chi connectivity index (χ4n) is 6.41. The Morgan fingerprint density at radius 1 is 1.05 bits per heavy atom. The largest absolute Gasteiger partial charge is 0.383 e. The van der Waals surface area contributed by atoms with Gasteiger partial charge in [0, 0.05) is 38.3 Å². The molecule has 0 heterocycles. The van der Waals surface area contributed by atoms with E-state index < -0.39 is 10.0 Å². The number of rotatable bonds is 10. The molecule has 2 aliphatic carbocycles. The van der Waals surface area contributed by atoms with Gasteiger partial charge in [-0.1, -0.05) is 51.1 Å². The maximum absolute atomic E-state index is 13.8. The lowest BCUT2D eigenvalue weighted by molar-refractivity contribution is 0.0737. The number of anilines is 1. The molecule has 0 aromatic heterocycles. The molecule has 3 unspecified atom stereocenters. The van der Waals surface area contributed by atoms with Crippen LogP contribution in [0, 0.1) is 16.7 Å². The topological polar surface area (TPSA) is 81.8 Å². The number of hydrogen-bond acceptors (Lipinski definition) is 5. The number of sulfonamides is 1. The number of nitrogens with zero attached hydrogens (tertiary/aromatic N) is 2. The average molecular weight is 527 g/mol. The Morgan fingerprint density at radius 2 is 1.76 bits per heavy atom. The Labute approximate surface area is 222 Å². The maximum Gasteiger partial charge on any atom is 0.251 e. The third-order valence-corrected chi connectivity index (χ3v) is 10.4. The van der Waals surface area contributed by atoms with Crippen molar-refractivity contribution < 1.29 is 13.2 Å². The van der Waals surface area contributed by atoms with E-state index >= 15 is 0 Å². The van der Waals surface area contributed by atoms with E-state index in [9.17, 15) is 13.2 Å². The molecule has 4 rings (SSSR count). The molecule has 0 radical (unpaired) electrons. The Kier molecular flexibility index (Phi) is 7.75. The van der Waals surface area contributed by atoms with Crippen LogP contribution in [0.3, 0.4) is 0 Å². The highest BCUT2D eigenvalue weighted by molar-refractivity contribution is 7.89. The fourth-order valence-corrected chi connectivity index (χ4v) is 7.76. The van der Waals surface area contributed by atoms with Crippen molar-refractivity contribution in [1.82, 2.24) is 14.5 Å². The van der Waals surface area contributed by atoms with E-state index in [0.717, 1.165) is 24.9 Å². The molecule has 8 heteroatoms. The van der Waals surface area contributed by atoms with Gasteiger partial charge >= 0.3 is 0 Å². The lowest BCUT2D eigenvalue weighted by Gasteiger charge is -2.43. The first-order valence-electron chi connectivity index (χ1n) is 13.2. The zero-order chi connectivity index (χ0) is 27.0. The van der Waals surface area contributed by atoms with Crippen molar-refractivity contribution in [2.75, 3.05) is 39.5 Å². The molecule has 0 aliphatic heterocycles. The number of carbonyl (C=O) groups excluding carboxylic acids is 1. The fraction of sp³-hybridized carbons (Fsp3) is 0.552. The van der Waals surface area contributed by atoms with Gasteiger partial charge in [-0.3, -0.25) is 4.79 Å². The maximum atomic E-state index is 13.8. The van der Waals surface area contributed by atoms with Crippen LogP contribution in [0.15, 0.2) is 53.4 Å². The van der Waals surface area contributed by atoms with Gasteiger partial charge in [0.25, 0.3) is 5.91 Å². The molecule has 7 nitrogen and oxygen atoms in total. The van der Waals surface area contributed by atoms with Crippen molar-refractivity contribution in [3.8, 4) is 0 Å². The molecular weight excluding hydrogens is 484 g/mol. The van der Waals surface area contributed by atoms with E-state index in [2.05, 4.69) is 31.4 Å². The van der Waals surface area contributed by atoms with Gasteiger partial charge in [-0.15, -0.1) is 0 Å². The monoisotopic (exact) mass is 526 g/mol. The van der Waals surface area contributed by atoms with E-state index in [1.165, 1.54) is 16.8 Å². The zero-order valence-corrected chi connectivity index (χ0v) is 23.9. The Hall–Kier alpha value is -2.42. The number of carbonyl (C=O) groups is 1. The summed E-state index contributed by atoms with van der Waals surface area (Å²) in [5.74, 6) is 0.391. The summed E-state index contributed by atoms with van der Waals surface area (Å²) in [6, 6.07) is 14.6. The summed E-state index contributed by atoms with van der Waals surface area (Å²) in [5.41, 5.74) is 1.87. The Bertz CT molecular complexity index is 1220. The standard InChI is InChI=1S/C29H42N4O3S/c1-28(2)23-14-15-29(3,19-23)27(28)31-26(34)22-12-13-24(30-16-17-32(4)5)25(18-22)37(35,36)33(6)20-21-10-8-7-9-11-21/h7-13,18,23,27,30H,14-17,19-20H2,1-6H3,(H,31,34). The van der Waals surface area contributed by atoms with E-state index in [-0.39, 0.29) is 34.2 Å². The van der Waals surface area contributed by atoms with Crippen molar-refractivity contribution in [2.45, 2.75) is 57.5 Å². The zero-order valence-electron chi connectivity index (χ0n) is 23.0. The van der Waals surface area contributed by atoms with Crippen LogP contribution < -0.4 is 10.6 Å². The first kappa shape index (κ1) is 27.6. The van der Waals surface area contributed by atoms with E-state index in [4.69, 9.17) is 0 Å². The average Bonchev–Trinajstić information content (AvgIpc) is 3.33. The second kappa shape index (κ2) is 10.4. The van der Waals surface area contributed by atoms with Gasteiger partial charge in [-0.25, -0.2) is 8.42 Å². The number of hydrogen-bond donors (Lipinski definition) is 2. The Balaban J connectivity index is 1.62. The normalized spacial score (nSPS) is 24.5. The van der Waals surface area contributed by atoms with E-state index in [0.29, 0.717) is 23.7 Å². The minimum atomic E-state index is -3.87. The van der Waals surface area contributed by atoms with Crippen LogP contribution in [-0.2, 0) is 16.6 Å². The van der Waals surface area contributed by atoms with Gasteiger partial charge in [0.15, 0.2) is 0 Å². The van der Waals surface area contributed by atoms with Gasteiger partial charge in [-0.05, 0) is 73.9 Å². The number of benzene rings is 2. The SMILES string of the molecule is CN(C)CCNc1ccc(C(=O)NC2C3(C)CCC(C3)C2(C)C)cc1S(=O)(=O)N(C)Cc1ccccc1. The molecule has 37 heavy (non-hydrogen) atoms. The van der Waals surface area contributed by atoms with Crippen molar-refractivity contribution in [3.63, 3.8) is 0 Å². The smallest absolute Gasteiger partial charge is 0.251 e. The summed E-state index contributed by atoms with van der Waals surface area (Å²) in [4.78, 5) is 15.7. The molecule has 2 N–H and O–H groups in total. The van der Waals surface area contributed by atoms with Crippen LogP contribution in [0.5, 0.6) is 0 Å².